The summed E-state index contributed by atoms with van der Waals surface area (Å²) in [5, 5.41) is 17.5. The van der Waals surface area contributed by atoms with E-state index in [-0.39, 0.29) is 12.6 Å². The highest BCUT2D eigenvalue weighted by Gasteiger charge is 2.29. The van der Waals surface area contributed by atoms with Gasteiger partial charge >= 0.3 is 6.09 Å². The lowest BCUT2D eigenvalue weighted by molar-refractivity contribution is 0.0185. The Morgan fingerprint density at radius 1 is 1.26 bits per heavy atom. The molecule has 0 radical (unpaired) electrons. The SMILES string of the molecule is CCNC(=NCC(C)(O)c1cc(C)oc1C)NCC1CCN(C(=O)OC(C)(C)C)CC1. The van der Waals surface area contributed by atoms with Crippen LogP contribution >= 0.6 is 0 Å². The molecule has 1 aliphatic rings. The van der Waals surface area contributed by atoms with Crippen molar-refractivity contribution in [2.45, 2.75) is 72.5 Å². The van der Waals surface area contributed by atoms with Gasteiger partial charge in [0.15, 0.2) is 5.96 Å². The molecule has 176 valence electrons. The third kappa shape index (κ3) is 7.76. The van der Waals surface area contributed by atoms with Crippen molar-refractivity contribution < 1.29 is 19.1 Å². The molecule has 1 amide bonds. The topological polar surface area (TPSA) is 99.3 Å². The first-order valence-corrected chi connectivity index (χ1v) is 11.2. The van der Waals surface area contributed by atoms with E-state index in [0.717, 1.165) is 37.3 Å². The highest BCUT2D eigenvalue weighted by molar-refractivity contribution is 5.79. The number of likely N-dealkylation sites (tertiary alicyclic amines) is 1. The fraction of sp³-hybridized carbons (Fsp3) is 0.739. The lowest BCUT2D eigenvalue weighted by Gasteiger charge is -2.33. The van der Waals surface area contributed by atoms with E-state index in [0.29, 0.717) is 30.7 Å². The summed E-state index contributed by atoms with van der Waals surface area (Å²) >= 11 is 0. The number of nitrogens with zero attached hydrogens (tertiary/aromatic N) is 2. The third-order valence-corrected chi connectivity index (χ3v) is 5.33. The molecule has 0 bridgehead atoms. The molecule has 1 saturated heterocycles. The second kappa shape index (κ2) is 10.4. The van der Waals surface area contributed by atoms with Crippen molar-refractivity contribution >= 4 is 12.1 Å². The molecule has 2 heterocycles. The molecule has 1 atom stereocenters. The van der Waals surface area contributed by atoms with Gasteiger partial charge < -0.3 is 29.8 Å². The van der Waals surface area contributed by atoms with Gasteiger partial charge in [0.2, 0.25) is 0 Å². The van der Waals surface area contributed by atoms with Crippen molar-refractivity contribution in [3.8, 4) is 0 Å². The number of aliphatic imine (C=N–C) groups is 1. The predicted octanol–water partition coefficient (Wildman–Crippen LogP) is 3.31. The van der Waals surface area contributed by atoms with Crippen molar-refractivity contribution in [3.63, 3.8) is 0 Å². The number of furan rings is 1. The minimum Gasteiger partial charge on any atom is -0.466 e. The number of carbonyl (C=O) groups excluding carboxylic acids is 1. The molecule has 2 rings (SSSR count). The summed E-state index contributed by atoms with van der Waals surface area (Å²) in [6.45, 7) is 16.3. The monoisotopic (exact) mass is 436 g/mol. The Balaban J connectivity index is 1.87. The Labute approximate surface area is 186 Å². The largest absolute Gasteiger partial charge is 0.466 e. The average Bonchev–Trinajstić information content (AvgIpc) is 3.02. The zero-order valence-electron chi connectivity index (χ0n) is 20.2. The van der Waals surface area contributed by atoms with Gasteiger partial charge in [-0.25, -0.2) is 9.79 Å². The zero-order valence-corrected chi connectivity index (χ0v) is 20.2. The van der Waals surface area contributed by atoms with Crippen molar-refractivity contribution in [3.05, 3.63) is 23.2 Å². The van der Waals surface area contributed by atoms with E-state index < -0.39 is 11.2 Å². The van der Waals surface area contributed by atoms with Gasteiger partial charge in [-0.15, -0.1) is 0 Å². The maximum Gasteiger partial charge on any atom is 0.410 e. The van der Waals surface area contributed by atoms with Gasteiger partial charge in [0.1, 0.15) is 22.7 Å². The van der Waals surface area contributed by atoms with E-state index >= 15 is 0 Å². The molecule has 8 heteroatoms. The summed E-state index contributed by atoms with van der Waals surface area (Å²) < 4.78 is 11.0. The Morgan fingerprint density at radius 2 is 1.90 bits per heavy atom. The molecule has 8 nitrogen and oxygen atoms in total. The standard InChI is InChI=1S/C23H40N4O4/c1-8-24-20(26-15-23(7,29)19-13-16(2)30-17(19)3)25-14-18-9-11-27(12-10-18)21(28)31-22(4,5)6/h13,18,29H,8-12,14-15H2,1-7H3,(H2,24,25,26). The van der Waals surface area contributed by atoms with Crippen LogP contribution in [0.15, 0.2) is 15.5 Å². The number of carbonyl (C=O) groups is 1. The molecular weight excluding hydrogens is 396 g/mol. The van der Waals surface area contributed by atoms with Crippen LogP contribution < -0.4 is 10.6 Å². The van der Waals surface area contributed by atoms with Gasteiger partial charge in [0.25, 0.3) is 0 Å². The van der Waals surface area contributed by atoms with Gasteiger partial charge in [0.05, 0.1) is 6.54 Å². The van der Waals surface area contributed by atoms with Crippen molar-refractivity contribution in [2.75, 3.05) is 32.7 Å². The first kappa shape index (κ1) is 25.0. The van der Waals surface area contributed by atoms with Crippen LogP contribution in [0.4, 0.5) is 4.79 Å². The van der Waals surface area contributed by atoms with E-state index in [9.17, 15) is 9.90 Å². The Morgan fingerprint density at radius 3 is 2.42 bits per heavy atom. The van der Waals surface area contributed by atoms with Crippen LogP contribution in [-0.4, -0.2) is 60.4 Å². The normalized spacial score (nSPS) is 17.9. The number of hydrogen-bond donors (Lipinski definition) is 3. The Kier molecular flexibility index (Phi) is 8.40. The summed E-state index contributed by atoms with van der Waals surface area (Å²) in [5.41, 5.74) is -0.816. The number of rotatable bonds is 6. The third-order valence-electron chi connectivity index (χ3n) is 5.33. The highest BCUT2D eigenvalue weighted by Crippen LogP contribution is 2.27. The minimum absolute atomic E-state index is 0.221. The summed E-state index contributed by atoms with van der Waals surface area (Å²) in [6, 6.07) is 1.86. The quantitative estimate of drug-likeness (QED) is 0.467. The van der Waals surface area contributed by atoms with Crippen LogP contribution in [0.3, 0.4) is 0 Å². The van der Waals surface area contributed by atoms with Gasteiger partial charge in [-0.1, -0.05) is 0 Å². The zero-order chi connectivity index (χ0) is 23.2. The van der Waals surface area contributed by atoms with Gasteiger partial charge in [-0.2, -0.15) is 0 Å². The van der Waals surface area contributed by atoms with E-state index in [1.807, 2.05) is 47.6 Å². The minimum atomic E-state index is -1.11. The van der Waals surface area contributed by atoms with E-state index in [4.69, 9.17) is 9.15 Å². The molecule has 0 spiro atoms. The molecule has 1 aromatic rings. The molecule has 0 aromatic carbocycles. The molecule has 1 aliphatic heterocycles. The van der Waals surface area contributed by atoms with Gasteiger partial charge in [-0.05, 0) is 73.3 Å². The first-order valence-electron chi connectivity index (χ1n) is 11.2. The number of aliphatic hydroxyl groups is 1. The fourth-order valence-electron chi connectivity index (χ4n) is 3.71. The van der Waals surface area contributed by atoms with Crippen LogP contribution in [0, 0.1) is 19.8 Å². The van der Waals surface area contributed by atoms with Gasteiger partial charge in [-0.3, -0.25) is 0 Å². The molecule has 1 fully saturated rings. The maximum absolute atomic E-state index is 12.2. The lowest BCUT2D eigenvalue weighted by atomic mass is 9.96. The van der Waals surface area contributed by atoms with Crippen molar-refractivity contribution in [1.29, 1.82) is 0 Å². The van der Waals surface area contributed by atoms with Crippen LogP contribution in [0.5, 0.6) is 0 Å². The number of nitrogens with one attached hydrogen (secondary N) is 2. The fourth-order valence-corrected chi connectivity index (χ4v) is 3.71. The first-order chi connectivity index (χ1) is 14.4. The number of hydrogen-bond acceptors (Lipinski definition) is 5. The van der Waals surface area contributed by atoms with Gasteiger partial charge in [0, 0.05) is 31.7 Å². The number of aryl methyl sites for hydroxylation is 2. The van der Waals surface area contributed by atoms with E-state index in [1.165, 1.54) is 0 Å². The average molecular weight is 437 g/mol. The smallest absolute Gasteiger partial charge is 0.410 e. The van der Waals surface area contributed by atoms with Crippen LogP contribution in [-0.2, 0) is 10.3 Å². The molecule has 0 saturated carbocycles. The van der Waals surface area contributed by atoms with E-state index in [1.54, 1.807) is 11.8 Å². The summed E-state index contributed by atoms with van der Waals surface area (Å²) in [7, 11) is 0. The predicted molar refractivity (Wildman–Crippen MR) is 122 cm³/mol. The number of ether oxygens (including phenoxy) is 1. The number of piperidine rings is 1. The Bertz CT molecular complexity index is 756. The number of guanidine groups is 1. The second-order valence-electron chi connectivity index (χ2n) is 9.59. The lowest BCUT2D eigenvalue weighted by Crippen LogP contribution is -2.45. The van der Waals surface area contributed by atoms with Crippen molar-refractivity contribution in [1.82, 2.24) is 15.5 Å². The molecule has 3 N–H and O–H groups in total. The van der Waals surface area contributed by atoms with E-state index in [2.05, 4.69) is 15.6 Å². The van der Waals surface area contributed by atoms with Crippen LogP contribution in [0.2, 0.25) is 0 Å². The summed E-state index contributed by atoms with van der Waals surface area (Å²) in [5.74, 6) is 2.61. The van der Waals surface area contributed by atoms with Crippen molar-refractivity contribution in [2.24, 2.45) is 10.9 Å². The van der Waals surface area contributed by atoms with Crippen LogP contribution in [0.1, 0.15) is 64.5 Å². The molecule has 1 unspecified atom stereocenters. The Hall–Kier alpha value is -2.22. The molecular formula is C23H40N4O4. The molecule has 31 heavy (non-hydrogen) atoms. The summed E-state index contributed by atoms with van der Waals surface area (Å²) in [4.78, 5) is 18.6. The highest BCUT2D eigenvalue weighted by atomic mass is 16.6. The second-order valence-corrected chi connectivity index (χ2v) is 9.59. The molecule has 0 aliphatic carbocycles. The molecule has 1 aromatic heterocycles. The summed E-state index contributed by atoms with van der Waals surface area (Å²) in [6.07, 6.45) is 1.59. The van der Waals surface area contributed by atoms with Crippen LogP contribution in [0.25, 0.3) is 0 Å². The maximum atomic E-state index is 12.2. The number of amides is 1.